The largest absolute Gasteiger partial charge is 0.415 e. The van der Waals surface area contributed by atoms with Crippen LogP contribution in [-0.4, -0.2) is 28.6 Å². The van der Waals surface area contributed by atoms with E-state index >= 15 is 0 Å². The van der Waals surface area contributed by atoms with Gasteiger partial charge in [0.1, 0.15) is 11.6 Å². The van der Waals surface area contributed by atoms with Gasteiger partial charge in [0.15, 0.2) is 0 Å². The van der Waals surface area contributed by atoms with Crippen LogP contribution in [0.2, 0.25) is 15.1 Å². The molecule has 1 amide bonds. The van der Waals surface area contributed by atoms with Crippen LogP contribution in [0.1, 0.15) is 19.4 Å². The van der Waals surface area contributed by atoms with Crippen molar-refractivity contribution >= 4 is 51.8 Å². The molecule has 0 aliphatic heterocycles. The zero-order valence-electron chi connectivity index (χ0n) is 18.6. The van der Waals surface area contributed by atoms with E-state index in [4.69, 9.17) is 39.5 Å². The number of nitrogens with zero attached hydrogens (tertiary/aromatic N) is 2. The van der Waals surface area contributed by atoms with Crippen molar-refractivity contribution in [3.05, 3.63) is 87.2 Å². The van der Waals surface area contributed by atoms with Gasteiger partial charge in [-0.05, 0) is 73.5 Å². The van der Waals surface area contributed by atoms with Gasteiger partial charge in [-0.25, -0.2) is 9.18 Å². The lowest BCUT2D eigenvalue weighted by molar-refractivity contribution is 0.157. The second kappa shape index (κ2) is 10.3. The Balaban J connectivity index is 1.85. The smallest absolute Gasteiger partial charge is 0.410 e. The molecule has 4 rings (SSSR count). The molecule has 1 aromatic heterocycles. The first-order chi connectivity index (χ1) is 16.3. The molecule has 4 nitrogen and oxygen atoms in total. The Morgan fingerprint density at radius 2 is 1.74 bits per heavy atom. The highest BCUT2D eigenvalue weighted by Gasteiger charge is 2.20. The van der Waals surface area contributed by atoms with Gasteiger partial charge in [-0.2, -0.15) is 0 Å². The lowest BCUT2D eigenvalue weighted by Crippen LogP contribution is -2.33. The maximum Gasteiger partial charge on any atom is 0.415 e. The molecule has 0 N–H and O–H groups in total. The molecule has 4 aromatic rings. The lowest BCUT2D eigenvalue weighted by Gasteiger charge is -2.20. The van der Waals surface area contributed by atoms with E-state index in [0.29, 0.717) is 46.6 Å². The predicted octanol–water partition coefficient (Wildman–Crippen LogP) is 8.30. The summed E-state index contributed by atoms with van der Waals surface area (Å²) in [5.74, 6) is -0.155. The number of aromatic nitrogens is 1. The quantitative estimate of drug-likeness (QED) is 0.257. The number of ether oxygens (including phenoxy) is 1. The number of hydrogen-bond donors (Lipinski definition) is 0. The Kier molecular flexibility index (Phi) is 7.36. The fourth-order valence-corrected chi connectivity index (χ4v) is 4.47. The standard InChI is InChI=1S/C26H22Cl3FN2O2/c1-3-31(4-2)26(33)34-24-10-9-23-19(25(24)16-5-8-22(30)21(29)14-16)11-12-32(23)15-17-13-18(27)6-7-20(17)28/h5-14H,3-4,15H2,1-2H3. The number of hydrogen-bond acceptors (Lipinski definition) is 2. The minimum Gasteiger partial charge on any atom is -0.410 e. The Bertz CT molecular complexity index is 1370. The number of benzene rings is 3. The van der Waals surface area contributed by atoms with E-state index in [2.05, 4.69) is 0 Å². The summed E-state index contributed by atoms with van der Waals surface area (Å²) in [5.41, 5.74) is 3.04. The molecule has 0 radical (unpaired) electrons. The van der Waals surface area contributed by atoms with Crippen molar-refractivity contribution in [2.45, 2.75) is 20.4 Å². The van der Waals surface area contributed by atoms with Crippen LogP contribution in [0.5, 0.6) is 5.75 Å². The maximum absolute atomic E-state index is 13.9. The minimum absolute atomic E-state index is 0.0133. The molecule has 0 saturated heterocycles. The van der Waals surface area contributed by atoms with Crippen LogP contribution in [0.15, 0.2) is 60.8 Å². The van der Waals surface area contributed by atoms with Crippen LogP contribution >= 0.6 is 34.8 Å². The molecule has 0 unspecified atom stereocenters. The van der Waals surface area contributed by atoms with Crippen molar-refractivity contribution in [2.75, 3.05) is 13.1 Å². The number of fused-ring (bicyclic) bond motifs is 1. The van der Waals surface area contributed by atoms with Crippen LogP contribution in [-0.2, 0) is 6.54 Å². The van der Waals surface area contributed by atoms with Crippen molar-refractivity contribution in [1.29, 1.82) is 0 Å². The first-order valence-electron chi connectivity index (χ1n) is 10.8. The monoisotopic (exact) mass is 518 g/mol. The van der Waals surface area contributed by atoms with Gasteiger partial charge >= 0.3 is 6.09 Å². The number of rotatable bonds is 6. The van der Waals surface area contributed by atoms with Crippen LogP contribution in [0.4, 0.5) is 9.18 Å². The van der Waals surface area contributed by atoms with E-state index in [1.165, 1.54) is 12.1 Å². The number of halogens is 4. The van der Waals surface area contributed by atoms with Crippen LogP contribution in [0, 0.1) is 5.82 Å². The van der Waals surface area contributed by atoms with Gasteiger partial charge in [0.25, 0.3) is 0 Å². The summed E-state index contributed by atoms with van der Waals surface area (Å²) >= 11 is 18.6. The Morgan fingerprint density at radius 1 is 0.971 bits per heavy atom. The van der Waals surface area contributed by atoms with Crippen LogP contribution < -0.4 is 4.74 Å². The van der Waals surface area contributed by atoms with Gasteiger partial charge in [-0.1, -0.05) is 40.9 Å². The summed E-state index contributed by atoms with van der Waals surface area (Å²) in [7, 11) is 0. The molecule has 3 aromatic carbocycles. The van der Waals surface area contributed by atoms with Crippen molar-refractivity contribution < 1.29 is 13.9 Å². The molecule has 0 spiro atoms. The number of carbonyl (C=O) groups is 1. The molecule has 1 heterocycles. The third-order valence-electron chi connectivity index (χ3n) is 5.69. The SMILES string of the molecule is CCN(CC)C(=O)Oc1ccc2c(ccn2Cc2cc(Cl)ccc2Cl)c1-c1ccc(F)c(Cl)c1. The van der Waals surface area contributed by atoms with Gasteiger partial charge in [0, 0.05) is 52.3 Å². The van der Waals surface area contributed by atoms with Crippen molar-refractivity contribution in [3.63, 3.8) is 0 Å². The third-order valence-corrected chi connectivity index (χ3v) is 6.58. The fourth-order valence-electron chi connectivity index (χ4n) is 3.91. The van der Waals surface area contributed by atoms with Gasteiger partial charge in [0.05, 0.1) is 5.02 Å². The molecule has 176 valence electrons. The number of amides is 1. The van der Waals surface area contributed by atoms with Gasteiger partial charge in [0.2, 0.25) is 0 Å². The zero-order chi connectivity index (χ0) is 24.4. The van der Waals surface area contributed by atoms with E-state index in [0.717, 1.165) is 16.5 Å². The van der Waals surface area contributed by atoms with E-state index in [-0.39, 0.29) is 5.02 Å². The van der Waals surface area contributed by atoms with E-state index in [1.807, 2.05) is 42.8 Å². The van der Waals surface area contributed by atoms with Crippen molar-refractivity contribution in [3.8, 4) is 16.9 Å². The third kappa shape index (κ3) is 4.88. The summed E-state index contributed by atoms with van der Waals surface area (Å²) < 4.78 is 21.7. The first kappa shape index (κ1) is 24.4. The highest BCUT2D eigenvalue weighted by molar-refractivity contribution is 6.33. The van der Waals surface area contributed by atoms with Crippen molar-refractivity contribution in [2.24, 2.45) is 0 Å². The Hall–Kier alpha value is -2.73. The molecule has 34 heavy (non-hydrogen) atoms. The highest BCUT2D eigenvalue weighted by atomic mass is 35.5. The molecule has 0 aliphatic carbocycles. The second-order valence-electron chi connectivity index (χ2n) is 7.72. The maximum atomic E-state index is 13.9. The molecular formula is C26H22Cl3FN2O2. The molecule has 0 saturated carbocycles. The molecule has 8 heteroatoms. The normalized spacial score (nSPS) is 11.1. The van der Waals surface area contributed by atoms with E-state index in [9.17, 15) is 9.18 Å². The van der Waals surface area contributed by atoms with Crippen LogP contribution in [0.25, 0.3) is 22.0 Å². The molecular weight excluding hydrogens is 498 g/mol. The van der Waals surface area contributed by atoms with Gasteiger partial charge in [-0.3, -0.25) is 0 Å². The predicted molar refractivity (Wildman–Crippen MR) is 137 cm³/mol. The molecule has 0 bridgehead atoms. The summed E-state index contributed by atoms with van der Waals surface area (Å²) in [6.07, 6.45) is 1.47. The average Bonchev–Trinajstić information content (AvgIpc) is 3.21. The summed E-state index contributed by atoms with van der Waals surface area (Å²) in [5, 5.41) is 2.02. The van der Waals surface area contributed by atoms with Crippen molar-refractivity contribution in [1.82, 2.24) is 9.47 Å². The lowest BCUT2D eigenvalue weighted by atomic mass is 10.0. The molecule has 0 atom stereocenters. The van der Waals surface area contributed by atoms with Crippen LogP contribution in [0.3, 0.4) is 0 Å². The molecule has 0 fully saturated rings. The zero-order valence-corrected chi connectivity index (χ0v) is 20.9. The summed E-state index contributed by atoms with van der Waals surface area (Å²) in [6.45, 7) is 5.30. The second-order valence-corrected chi connectivity index (χ2v) is 8.97. The molecule has 0 aliphatic rings. The number of carbonyl (C=O) groups excluding carboxylic acids is 1. The van der Waals surface area contributed by atoms with E-state index in [1.54, 1.807) is 29.2 Å². The summed E-state index contributed by atoms with van der Waals surface area (Å²) in [6, 6.07) is 15.3. The summed E-state index contributed by atoms with van der Waals surface area (Å²) in [4.78, 5) is 14.3. The van der Waals surface area contributed by atoms with Gasteiger partial charge in [-0.15, -0.1) is 0 Å². The van der Waals surface area contributed by atoms with E-state index < -0.39 is 11.9 Å². The Morgan fingerprint density at radius 3 is 2.44 bits per heavy atom. The Labute approximate surface area is 212 Å². The minimum atomic E-state index is -0.521. The first-order valence-corrected chi connectivity index (χ1v) is 11.9. The highest BCUT2D eigenvalue weighted by Crippen LogP contribution is 2.39. The topological polar surface area (TPSA) is 34.5 Å². The fraction of sp³-hybridized carbons (Fsp3) is 0.192. The average molecular weight is 520 g/mol. The van der Waals surface area contributed by atoms with Gasteiger partial charge < -0.3 is 14.2 Å².